The van der Waals surface area contributed by atoms with E-state index in [1.165, 1.54) is 31.9 Å². The van der Waals surface area contributed by atoms with Crippen LogP contribution in [0.25, 0.3) is 0 Å². The van der Waals surface area contributed by atoms with Crippen LogP contribution in [0, 0.1) is 5.82 Å². The quantitative estimate of drug-likeness (QED) is 0.614. The third kappa shape index (κ3) is 5.58. The average Bonchev–Trinajstić information content (AvgIpc) is 2.71. The summed E-state index contributed by atoms with van der Waals surface area (Å²) in [6.45, 7) is 7.41. The number of benzene rings is 1. The van der Waals surface area contributed by atoms with Crippen LogP contribution >= 0.6 is 0 Å². The first kappa shape index (κ1) is 19.9. The third-order valence-electron chi connectivity index (χ3n) is 5.89. The number of hydrogen-bond donors (Lipinski definition) is 2. The Hall–Kier alpha value is -1.82. The predicted octanol–water partition coefficient (Wildman–Crippen LogP) is 2.83. The van der Waals surface area contributed by atoms with E-state index in [9.17, 15) is 4.39 Å². The van der Waals surface area contributed by atoms with Gasteiger partial charge in [-0.25, -0.2) is 4.39 Å². The molecule has 0 aliphatic carbocycles. The van der Waals surface area contributed by atoms with Gasteiger partial charge in [-0.3, -0.25) is 9.89 Å². The van der Waals surface area contributed by atoms with Crippen LogP contribution < -0.4 is 15.5 Å². The van der Waals surface area contributed by atoms with Crippen LogP contribution in [0.2, 0.25) is 0 Å². The number of nitrogens with one attached hydrogen (secondary N) is 2. The molecule has 1 aromatic rings. The molecular formula is C21H34FN5. The molecule has 6 heteroatoms. The number of nitrogens with zero attached hydrogens (tertiary/aromatic N) is 3. The van der Waals surface area contributed by atoms with Crippen LogP contribution in [-0.4, -0.2) is 62.7 Å². The molecule has 0 amide bonds. The molecule has 3 rings (SSSR count). The van der Waals surface area contributed by atoms with Gasteiger partial charge in [0.2, 0.25) is 0 Å². The summed E-state index contributed by atoms with van der Waals surface area (Å²) in [5.41, 5.74) is 0.980. The number of likely N-dealkylation sites (N-methyl/N-ethyl adjacent to an activating group) is 1. The van der Waals surface area contributed by atoms with E-state index in [0.29, 0.717) is 12.1 Å². The van der Waals surface area contributed by atoms with Gasteiger partial charge in [-0.2, -0.15) is 0 Å². The number of rotatable bonds is 5. The van der Waals surface area contributed by atoms with E-state index in [4.69, 9.17) is 0 Å². The Labute approximate surface area is 163 Å². The van der Waals surface area contributed by atoms with E-state index in [-0.39, 0.29) is 5.82 Å². The van der Waals surface area contributed by atoms with Crippen molar-refractivity contribution in [1.29, 1.82) is 0 Å². The average molecular weight is 376 g/mol. The van der Waals surface area contributed by atoms with E-state index in [1.807, 2.05) is 13.1 Å². The highest BCUT2D eigenvalue weighted by Gasteiger charge is 2.23. The van der Waals surface area contributed by atoms with Crippen molar-refractivity contribution in [3.63, 3.8) is 0 Å². The topological polar surface area (TPSA) is 42.9 Å². The zero-order valence-corrected chi connectivity index (χ0v) is 16.8. The van der Waals surface area contributed by atoms with Gasteiger partial charge in [0.05, 0.1) is 0 Å². The molecule has 1 atom stereocenters. The lowest BCUT2D eigenvalue weighted by Gasteiger charge is -2.36. The van der Waals surface area contributed by atoms with E-state index in [0.717, 1.165) is 50.7 Å². The van der Waals surface area contributed by atoms with Gasteiger partial charge in [0, 0.05) is 44.5 Å². The Kier molecular flexibility index (Phi) is 7.33. The number of anilines is 1. The predicted molar refractivity (Wildman–Crippen MR) is 111 cm³/mol. The normalized spacial score (nSPS) is 22.7. The van der Waals surface area contributed by atoms with Crippen molar-refractivity contribution in [2.75, 3.05) is 44.7 Å². The third-order valence-corrected chi connectivity index (χ3v) is 5.89. The van der Waals surface area contributed by atoms with E-state index in [1.54, 1.807) is 12.1 Å². The zero-order chi connectivity index (χ0) is 19.1. The van der Waals surface area contributed by atoms with E-state index < -0.39 is 0 Å². The highest BCUT2D eigenvalue weighted by Crippen LogP contribution is 2.21. The maximum atomic E-state index is 13.4. The molecule has 2 aliphatic heterocycles. The fourth-order valence-electron chi connectivity index (χ4n) is 4.26. The maximum Gasteiger partial charge on any atom is 0.191 e. The van der Waals surface area contributed by atoms with Crippen LogP contribution in [0.4, 0.5) is 10.1 Å². The first-order valence-electron chi connectivity index (χ1n) is 10.4. The number of guanidine groups is 1. The summed E-state index contributed by atoms with van der Waals surface area (Å²) in [7, 11) is 1.84. The lowest BCUT2D eigenvalue weighted by molar-refractivity contribution is 0.157. The maximum absolute atomic E-state index is 13.4. The van der Waals surface area contributed by atoms with Gasteiger partial charge in [-0.15, -0.1) is 0 Å². The minimum atomic E-state index is -0.166. The largest absolute Gasteiger partial charge is 0.371 e. The standard InChI is InChI=1S/C21H34FN5/c1-3-26-12-5-4-8-20(26)16-24-21(23-2)25-18-10-13-27(14-11-18)19-9-6-7-17(22)15-19/h6-7,9,15,18,20H,3-5,8,10-14,16H2,1-2H3,(H2,23,24,25). The van der Waals surface area contributed by atoms with Gasteiger partial charge in [0.25, 0.3) is 0 Å². The molecule has 1 unspecified atom stereocenters. The van der Waals surface area contributed by atoms with Gasteiger partial charge < -0.3 is 15.5 Å². The van der Waals surface area contributed by atoms with Gasteiger partial charge in [0.15, 0.2) is 5.96 Å². The van der Waals surface area contributed by atoms with Gasteiger partial charge in [0.1, 0.15) is 5.82 Å². The van der Waals surface area contributed by atoms with Crippen molar-refractivity contribution in [2.24, 2.45) is 4.99 Å². The Morgan fingerprint density at radius 1 is 1.19 bits per heavy atom. The molecule has 2 saturated heterocycles. The Morgan fingerprint density at radius 3 is 2.70 bits per heavy atom. The summed E-state index contributed by atoms with van der Waals surface area (Å²) < 4.78 is 13.4. The highest BCUT2D eigenvalue weighted by atomic mass is 19.1. The van der Waals surface area contributed by atoms with Crippen molar-refractivity contribution in [3.8, 4) is 0 Å². The molecule has 2 fully saturated rings. The van der Waals surface area contributed by atoms with Gasteiger partial charge in [-0.05, 0) is 57.0 Å². The number of halogens is 1. The zero-order valence-electron chi connectivity index (χ0n) is 16.8. The molecule has 0 bridgehead atoms. The molecule has 2 N–H and O–H groups in total. The van der Waals surface area contributed by atoms with Crippen LogP contribution in [0.3, 0.4) is 0 Å². The molecule has 1 aromatic carbocycles. The molecule has 0 radical (unpaired) electrons. The smallest absolute Gasteiger partial charge is 0.191 e. The fraction of sp³-hybridized carbons (Fsp3) is 0.667. The molecule has 0 aromatic heterocycles. The second kappa shape index (κ2) is 9.93. The van der Waals surface area contributed by atoms with E-state index in [2.05, 4.69) is 32.3 Å². The molecule has 0 saturated carbocycles. The fourth-order valence-corrected chi connectivity index (χ4v) is 4.26. The number of aliphatic imine (C=N–C) groups is 1. The monoisotopic (exact) mass is 375 g/mol. The van der Waals surface area contributed by atoms with Crippen molar-refractivity contribution in [2.45, 2.75) is 51.1 Å². The second-order valence-corrected chi connectivity index (χ2v) is 7.62. The summed E-state index contributed by atoms with van der Waals surface area (Å²) in [6, 6.07) is 7.91. The van der Waals surface area contributed by atoms with Crippen molar-refractivity contribution in [3.05, 3.63) is 30.1 Å². The van der Waals surface area contributed by atoms with Crippen molar-refractivity contribution >= 4 is 11.6 Å². The minimum absolute atomic E-state index is 0.166. The summed E-state index contributed by atoms with van der Waals surface area (Å²) in [5, 5.41) is 7.12. The summed E-state index contributed by atoms with van der Waals surface area (Å²) >= 11 is 0. The molecule has 2 aliphatic rings. The minimum Gasteiger partial charge on any atom is -0.371 e. The molecule has 0 spiro atoms. The number of likely N-dealkylation sites (tertiary alicyclic amines) is 1. The van der Waals surface area contributed by atoms with Gasteiger partial charge in [-0.1, -0.05) is 19.4 Å². The van der Waals surface area contributed by atoms with E-state index >= 15 is 0 Å². The second-order valence-electron chi connectivity index (χ2n) is 7.62. The summed E-state index contributed by atoms with van der Waals surface area (Å²) in [4.78, 5) is 9.25. The van der Waals surface area contributed by atoms with Crippen molar-refractivity contribution in [1.82, 2.24) is 15.5 Å². The number of hydrogen-bond acceptors (Lipinski definition) is 3. The molecule has 5 nitrogen and oxygen atoms in total. The van der Waals surface area contributed by atoms with Crippen molar-refractivity contribution < 1.29 is 4.39 Å². The first-order chi connectivity index (χ1) is 13.2. The Morgan fingerprint density at radius 2 is 2.00 bits per heavy atom. The molecule has 2 heterocycles. The molecule has 27 heavy (non-hydrogen) atoms. The summed E-state index contributed by atoms with van der Waals surface area (Å²) in [5.74, 6) is 0.738. The Bertz CT molecular complexity index is 612. The van der Waals surface area contributed by atoms with Gasteiger partial charge >= 0.3 is 0 Å². The van der Waals surface area contributed by atoms with Crippen LogP contribution in [0.5, 0.6) is 0 Å². The highest BCUT2D eigenvalue weighted by molar-refractivity contribution is 5.80. The van der Waals surface area contributed by atoms with Crippen LogP contribution in [0.15, 0.2) is 29.3 Å². The lowest BCUT2D eigenvalue weighted by atomic mass is 10.0. The van der Waals surface area contributed by atoms with Crippen LogP contribution in [-0.2, 0) is 0 Å². The van der Waals surface area contributed by atoms with Crippen LogP contribution in [0.1, 0.15) is 39.0 Å². The summed E-state index contributed by atoms with van der Waals surface area (Å²) in [6.07, 6.45) is 5.97. The molecule has 150 valence electrons. The SMILES string of the molecule is CCN1CCCCC1CNC(=NC)NC1CCN(c2cccc(F)c2)CC1. The first-order valence-corrected chi connectivity index (χ1v) is 10.4. The Balaban J connectivity index is 1.44. The number of piperidine rings is 2. The lowest BCUT2D eigenvalue weighted by Crippen LogP contribution is -2.52. The molecular weight excluding hydrogens is 341 g/mol.